The van der Waals surface area contributed by atoms with Crippen molar-refractivity contribution in [2.45, 2.75) is 33.3 Å². The molecule has 78 valence electrons. The lowest BCUT2D eigenvalue weighted by Crippen LogP contribution is -2.00. The summed E-state index contributed by atoms with van der Waals surface area (Å²) in [6, 6.07) is 0. The van der Waals surface area contributed by atoms with Crippen molar-refractivity contribution in [2.24, 2.45) is 0 Å². The van der Waals surface area contributed by atoms with Crippen LogP contribution in [0.25, 0.3) is 0 Å². The second-order valence-corrected chi connectivity index (χ2v) is 2.64. The molecule has 0 aliphatic rings. The van der Waals surface area contributed by atoms with Crippen LogP contribution in [0.15, 0.2) is 11.6 Å². The van der Waals surface area contributed by atoms with Gasteiger partial charge in [-0.05, 0) is 27.2 Å². The third-order valence-electron chi connectivity index (χ3n) is 1.32. The van der Waals surface area contributed by atoms with Crippen LogP contribution in [0.3, 0.4) is 0 Å². The van der Waals surface area contributed by atoms with E-state index in [4.69, 9.17) is 15.3 Å². The maximum atomic E-state index is 9.86. The van der Waals surface area contributed by atoms with Gasteiger partial charge in [-0.1, -0.05) is 6.08 Å². The molecule has 0 bridgehead atoms. The highest BCUT2D eigenvalue weighted by Gasteiger charge is 1.93. The van der Waals surface area contributed by atoms with Gasteiger partial charge in [0.2, 0.25) is 0 Å². The largest absolute Gasteiger partial charge is 0.478 e. The standard InChI is InChI=1S/C5H8O2.C4H10O2/c1-3-4(2)5(6)7;1-4(6)2-3-5/h3H,1-2H3,(H,6,7);4-6H,2-3H2,1H3. The van der Waals surface area contributed by atoms with Crippen molar-refractivity contribution in [2.75, 3.05) is 6.61 Å². The normalized spacial score (nSPS) is 12.8. The maximum absolute atomic E-state index is 9.86. The van der Waals surface area contributed by atoms with E-state index in [0.29, 0.717) is 12.0 Å². The van der Waals surface area contributed by atoms with Gasteiger partial charge in [0.1, 0.15) is 0 Å². The lowest BCUT2D eigenvalue weighted by atomic mass is 10.3. The number of carboxylic acids is 1. The smallest absolute Gasteiger partial charge is 0.330 e. The zero-order chi connectivity index (χ0) is 10.9. The van der Waals surface area contributed by atoms with E-state index >= 15 is 0 Å². The zero-order valence-electron chi connectivity index (χ0n) is 8.32. The SMILES string of the molecule is CC(O)CCO.CC=C(C)C(=O)O. The monoisotopic (exact) mass is 190 g/mol. The summed E-state index contributed by atoms with van der Waals surface area (Å²) < 4.78 is 0. The van der Waals surface area contributed by atoms with Gasteiger partial charge in [0.15, 0.2) is 0 Å². The molecule has 0 amide bonds. The predicted molar refractivity (Wildman–Crippen MR) is 50.5 cm³/mol. The number of aliphatic hydroxyl groups is 2. The average molecular weight is 190 g/mol. The third kappa shape index (κ3) is 14.0. The fourth-order valence-electron chi connectivity index (χ4n) is 0.310. The third-order valence-corrected chi connectivity index (χ3v) is 1.32. The molecule has 0 heterocycles. The van der Waals surface area contributed by atoms with Crippen molar-refractivity contribution in [3.8, 4) is 0 Å². The van der Waals surface area contributed by atoms with Gasteiger partial charge in [-0.3, -0.25) is 0 Å². The molecule has 0 fully saturated rings. The molecule has 4 nitrogen and oxygen atoms in total. The molecular formula is C9H18O4. The van der Waals surface area contributed by atoms with Gasteiger partial charge in [-0.15, -0.1) is 0 Å². The molecule has 0 rings (SSSR count). The van der Waals surface area contributed by atoms with E-state index in [9.17, 15) is 4.79 Å². The Morgan fingerprint density at radius 2 is 2.00 bits per heavy atom. The number of carboxylic acid groups (broad SMARTS) is 1. The Bertz CT molecular complexity index is 161. The molecular weight excluding hydrogens is 172 g/mol. The minimum absolute atomic E-state index is 0.0810. The highest BCUT2D eigenvalue weighted by molar-refractivity contribution is 5.85. The van der Waals surface area contributed by atoms with Crippen LogP contribution in [-0.2, 0) is 4.79 Å². The fraction of sp³-hybridized carbons (Fsp3) is 0.667. The molecule has 0 aromatic rings. The predicted octanol–water partition coefficient (Wildman–Crippen LogP) is 0.787. The topological polar surface area (TPSA) is 77.8 Å². The van der Waals surface area contributed by atoms with Gasteiger partial charge >= 0.3 is 5.97 Å². The summed E-state index contributed by atoms with van der Waals surface area (Å²) in [7, 11) is 0. The van der Waals surface area contributed by atoms with Crippen molar-refractivity contribution in [3.63, 3.8) is 0 Å². The molecule has 0 saturated carbocycles. The molecule has 0 saturated heterocycles. The van der Waals surface area contributed by atoms with Gasteiger partial charge in [-0.2, -0.15) is 0 Å². The van der Waals surface area contributed by atoms with Gasteiger partial charge in [0, 0.05) is 12.2 Å². The summed E-state index contributed by atoms with van der Waals surface area (Å²) >= 11 is 0. The van der Waals surface area contributed by atoms with Gasteiger partial charge in [-0.25, -0.2) is 4.79 Å². The number of hydrogen-bond donors (Lipinski definition) is 3. The summed E-state index contributed by atoms with van der Waals surface area (Å²) in [5.41, 5.74) is 0.389. The van der Waals surface area contributed by atoms with E-state index in [1.807, 2.05) is 0 Å². The Morgan fingerprint density at radius 3 is 2.00 bits per heavy atom. The van der Waals surface area contributed by atoms with E-state index < -0.39 is 5.97 Å². The molecule has 0 aromatic heterocycles. The highest BCUT2D eigenvalue weighted by Crippen LogP contribution is 1.87. The number of aliphatic carboxylic acids is 1. The summed E-state index contributed by atoms with van der Waals surface area (Å²) in [6.45, 7) is 4.99. The molecule has 4 heteroatoms. The first-order valence-corrected chi connectivity index (χ1v) is 4.10. The van der Waals surface area contributed by atoms with Crippen molar-refractivity contribution in [3.05, 3.63) is 11.6 Å². The van der Waals surface area contributed by atoms with Gasteiger partial charge in [0.25, 0.3) is 0 Å². The van der Waals surface area contributed by atoms with Crippen molar-refractivity contribution in [1.82, 2.24) is 0 Å². The van der Waals surface area contributed by atoms with Crippen molar-refractivity contribution in [1.29, 1.82) is 0 Å². The first kappa shape index (κ1) is 14.6. The van der Waals surface area contributed by atoms with Crippen molar-refractivity contribution >= 4 is 5.97 Å². The zero-order valence-corrected chi connectivity index (χ0v) is 8.32. The van der Waals surface area contributed by atoms with Crippen LogP contribution in [0.4, 0.5) is 0 Å². The fourth-order valence-corrected chi connectivity index (χ4v) is 0.310. The lowest BCUT2D eigenvalue weighted by molar-refractivity contribution is -0.132. The van der Waals surface area contributed by atoms with Crippen LogP contribution in [0, 0.1) is 0 Å². The minimum atomic E-state index is -0.845. The molecule has 0 aliphatic carbocycles. The molecule has 1 unspecified atom stereocenters. The van der Waals surface area contributed by atoms with Crippen LogP contribution in [0.2, 0.25) is 0 Å². The number of aliphatic hydroxyl groups excluding tert-OH is 2. The number of carbonyl (C=O) groups is 1. The molecule has 13 heavy (non-hydrogen) atoms. The molecule has 0 aliphatic heterocycles. The Morgan fingerprint density at radius 1 is 1.54 bits per heavy atom. The first-order chi connectivity index (χ1) is 5.95. The summed E-state index contributed by atoms with van der Waals surface area (Å²) in [5.74, 6) is -0.845. The first-order valence-electron chi connectivity index (χ1n) is 4.10. The highest BCUT2D eigenvalue weighted by atomic mass is 16.4. The minimum Gasteiger partial charge on any atom is -0.478 e. The quantitative estimate of drug-likeness (QED) is 0.575. The summed E-state index contributed by atoms with van der Waals surface area (Å²) in [4.78, 5) is 9.86. The van der Waals surface area contributed by atoms with E-state index in [1.165, 1.54) is 0 Å². The second kappa shape index (κ2) is 9.22. The number of rotatable bonds is 3. The van der Waals surface area contributed by atoms with E-state index in [2.05, 4.69) is 0 Å². The number of hydrogen-bond acceptors (Lipinski definition) is 3. The Hall–Kier alpha value is -0.870. The molecule has 3 N–H and O–H groups in total. The number of allylic oxidation sites excluding steroid dienone is 1. The van der Waals surface area contributed by atoms with Crippen molar-refractivity contribution < 1.29 is 20.1 Å². The summed E-state index contributed by atoms with van der Waals surface area (Å²) in [6.07, 6.45) is 1.69. The summed E-state index contributed by atoms with van der Waals surface area (Å²) in [5, 5.41) is 24.6. The Labute approximate surface area is 78.5 Å². The maximum Gasteiger partial charge on any atom is 0.330 e. The van der Waals surface area contributed by atoms with Crippen LogP contribution < -0.4 is 0 Å². The Balaban J connectivity index is 0. The Kier molecular flexibility index (Phi) is 10.4. The molecule has 1 atom stereocenters. The average Bonchev–Trinajstić information content (AvgIpc) is 2.03. The lowest BCUT2D eigenvalue weighted by Gasteiger charge is -1.95. The second-order valence-electron chi connectivity index (χ2n) is 2.64. The van der Waals surface area contributed by atoms with Crippen LogP contribution in [0.1, 0.15) is 27.2 Å². The molecule has 0 radical (unpaired) electrons. The molecule has 0 spiro atoms. The van der Waals surface area contributed by atoms with E-state index in [0.717, 1.165) is 0 Å². The van der Waals surface area contributed by atoms with E-state index in [-0.39, 0.29) is 12.7 Å². The van der Waals surface area contributed by atoms with E-state index in [1.54, 1.807) is 26.8 Å². The van der Waals surface area contributed by atoms with Crippen LogP contribution in [-0.4, -0.2) is 34.0 Å². The van der Waals surface area contributed by atoms with Crippen LogP contribution >= 0.6 is 0 Å². The van der Waals surface area contributed by atoms with Gasteiger partial charge < -0.3 is 15.3 Å². The van der Waals surface area contributed by atoms with Crippen LogP contribution in [0.5, 0.6) is 0 Å². The van der Waals surface area contributed by atoms with Gasteiger partial charge in [0.05, 0.1) is 6.10 Å². The molecule has 0 aromatic carbocycles.